The normalized spacial score (nSPS) is 14.7. The third kappa shape index (κ3) is 8.48. The van der Waals surface area contributed by atoms with E-state index in [1.165, 1.54) is 19.2 Å². The van der Waals surface area contributed by atoms with Crippen molar-refractivity contribution < 1.29 is 37.7 Å². The van der Waals surface area contributed by atoms with E-state index in [9.17, 15) is 18.8 Å². The van der Waals surface area contributed by atoms with E-state index >= 15 is 0 Å². The molecule has 8 heteroatoms. The predicted octanol–water partition coefficient (Wildman–Crippen LogP) is 4.76. The van der Waals surface area contributed by atoms with Crippen LogP contribution in [0, 0.1) is 17.2 Å². The summed E-state index contributed by atoms with van der Waals surface area (Å²) in [7, 11) is 1.36. The van der Waals surface area contributed by atoms with Crippen molar-refractivity contribution in [2.75, 3.05) is 7.11 Å². The van der Waals surface area contributed by atoms with Gasteiger partial charge in [-0.25, -0.2) is 4.39 Å². The van der Waals surface area contributed by atoms with Crippen LogP contribution in [-0.4, -0.2) is 36.7 Å². The topological polar surface area (TPSA) is 88.1 Å². The molecule has 3 atom stereocenters. The van der Waals surface area contributed by atoms with Crippen LogP contribution in [0.4, 0.5) is 4.39 Å². The van der Waals surface area contributed by atoms with E-state index in [0.29, 0.717) is 5.56 Å². The Bertz CT molecular complexity index is 821. The van der Waals surface area contributed by atoms with Crippen molar-refractivity contribution in [2.45, 2.75) is 79.6 Å². The first-order valence-corrected chi connectivity index (χ1v) is 10.5. The molecule has 0 spiro atoms. The molecule has 180 valence electrons. The van der Waals surface area contributed by atoms with Crippen molar-refractivity contribution in [3.05, 3.63) is 29.6 Å². The van der Waals surface area contributed by atoms with Gasteiger partial charge in [-0.3, -0.25) is 14.4 Å². The SMILES string of the molecule is COc1cc(F)ccc1[C@@H](OC(=O)C(C)(C)C)[C@H](C)OC(=O)[C@H](C)CC(=O)OC(C)(C)C. The van der Waals surface area contributed by atoms with Crippen LogP contribution in [0.25, 0.3) is 0 Å². The highest BCUT2D eigenvalue weighted by atomic mass is 19.1. The molecular weight excluding hydrogens is 419 g/mol. The second kappa shape index (κ2) is 10.8. The number of hydrogen-bond donors (Lipinski definition) is 0. The van der Waals surface area contributed by atoms with E-state index in [0.717, 1.165) is 6.07 Å². The molecule has 32 heavy (non-hydrogen) atoms. The van der Waals surface area contributed by atoms with E-state index in [4.69, 9.17) is 18.9 Å². The summed E-state index contributed by atoms with van der Waals surface area (Å²) in [5.74, 6) is -2.85. The summed E-state index contributed by atoms with van der Waals surface area (Å²) >= 11 is 0. The quantitative estimate of drug-likeness (QED) is 0.413. The summed E-state index contributed by atoms with van der Waals surface area (Å²) in [4.78, 5) is 37.2. The number of esters is 3. The van der Waals surface area contributed by atoms with Crippen LogP contribution in [0.1, 0.15) is 73.5 Å². The number of halogens is 1. The smallest absolute Gasteiger partial charge is 0.311 e. The number of carbonyl (C=O) groups excluding carboxylic acids is 3. The summed E-state index contributed by atoms with van der Waals surface area (Å²) in [6, 6.07) is 3.78. The molecule has 0 saturated heterocycles. The Morgan fingerprint density at radius 2 is 1.59 bits per heavy atom. The highest BCUT2D eigenvalue weighted by Crippen LogP contribution is 2.34. The zero-order valence-electron chi connectivity index (χ0n) is 20.4. The molecule has 0 amide bonds. The lowest BCUT2D eigenvalue weighted by Crippen LogP contribution is -2.33. The number of hydrogen-bond acceptors (Lipinski definition) is 7. The minimum atomic E-state index is -1.05. The van der Waals surface area contributed by atoms with Gasteiger partial charge in [0.1, 0.15) is 23.3 Å². The fourth-order valence-corrected chi connectivity index (χ4v) is 2.70. The highest BCUT2D eigenvalue weighted by molar-refractivity contribution is 5.80. The van der Waals surface area contributed by atoms with Gasteiger partial charge in [-0.1, -0.05) is 6.92 Å². The zero-order chi connectivity index (χ0) is 24.9. The summed E-state index contributed by atoms with van der Waals surface area (Å²) in [6.07, 6.45) is -2.14. The van der Waals surface area contributed by atoms with Gasteiger partial charge in [0, 0.05) is 11.6 Å². The summed E-state index contributed by atoms with van der Waals surface area (Å²) in [5.41, 5.74) is -1.13. The molecule has 0 unspecified atom stereocenters. The molecule has 0 aliphatic heterocycles. The van der Waals surface area contributed by atoms with Crippen LogP contribution >= 0.6 is 0 Å². The maximum atomic E-state index is 13.7. The Balaban J connectivity index is 3.08. The van der Waals surface area contributed by atoms with Gasteiger partial charge < -0.3 is 18.9 Å². The Labute approximate surface area is 189 Å². The maximum absolute atomic E-state index is 13.7. The molecule has 7 nitrogen and oxygen atoms in total. The van der Waals surface area contributed by atoms with E-state index in [-0.39, 0.29) is 12.2 Å². The van der Waals surface area contributed by atoms with E-state index in [1.54, 1.807) is 55.4 Å². The monoisotopic (exact) mass is 454 g/mol. The van der Waals surface area contributed by atoms with Crippen molar-refractivity contribution in [1.82, 2.24) is 0 Å². The third-order valence-corrected chi connectivity index (χ3v) is 4.37. The van der Waals surface area contributed by atoms with Gasteiger partial charge in [-0.15, -0.1) is 0 Å². The van der Waals surface area contributed by atoms with Crippen molar-refractivity contribution in [3.8, 4) is 5.75 Å². The fraction of sp³-hybridized carbons (Fsp3) is 0.625. The molecule has 0 heterocycles. The number of benzene rings is 1. The Morgan fingerprint density at radius 3 is 2.09 bits per heavy atom. The molecule has 1 rings (SSSR count). The first-order chi connectivity index (χ1) is 14.5. The molecule has 1 aromatic carbocycles. The number of carbonyl (C=O) groups is 3. The summed E-state index contributed by atoms with van der Waals surface area (Å²) in [5, 5.41) is 0. The van der Waals surface area contributed by atoms with Crippen molar-refractivity contribution >= 4 is 17.9 Å². The molecular formula is C24H35FO7. The van der Waals surface area contributed by atoms with E-state index in [2.05, 4.69) is 0 Å². The van der Waals surface area contributed by atoms with Gasteiger partial charge in [-0.05, 0) is 60.6 Å². The average Bonchev–Trinajstić information content (AvgIpc) is 2.63. The zero-order valence-corrected chi connectivity index (χ0v) is 20.4. The lowest BCUT2D eigenvalue weighted by Gasteiger charge is -2.29. The van der Waals surface area contributed by atoms with Crippen molar-refractivity contribution in [3.63, 3.8) is 0 Å². The van der Waals surface area contributed by atoms with Gasteiger partial charge in [0.15, 0.2) is 6.10 Å². The first-order valence-electron chi connectivity index (χ1n) is 10.5. The molecule has 0 saturated carbocycles. The van der Waals surface area contributed by atoms with Crippen LogP contribution in [0.3, 0.4) is 0 Å². The van der Waals surface area contributed by atoms with Crippen LogP contribution in [0.2, 0.25) is 0 Å². The second-order valence-electron chi connectivity index (χ2n) is 9.80. The van der Waals surface area contributed by atoms with Gasteiger partial charge in [0.25, 0.3) is 0 Å². The van der Waals surface area contributed by atoms with Gasteiger partial charge >= 0.3 is 17.9 Å². The number of ether oxygens (including phenoxy) is 4. The predicted molar refractivity (Wildman–Crippen MR) is 116 cm³/mol. The van der Waals surface area contributed by atoms with Gasteiger partial charge in [0.05, 0.1) is 24.9 Å². The summed E-state index contributed by atoms with van der Waals surface area (Å²) in [6.45, 7) is 13.4. The maximum Gasteiger partial charge on any atom is 0.311 e. The molecule has 0 aliphatic carbocycles. The minimum absolute atomic E-state index is 0.154. The average molecular weight is 455 g/mol. The Hall–Kier alpha value is -2.64. The summed E-state index contributed by atoms with van der Waals surface area (Å²) < 4.78 is 35.4. The number of methoxy groups -OCH3 is 1. The third-order valence-electron chi connectivity index (χ3n) is 4.37. The van der Waals surface area contributed by atoms with Crippen LogP contribution < -0.4 is 4.74 Å². The van der Waals surface area contributed by atoms with Crippen LogP contribution in [-0.2, 0) is 28.6 Å². The first kappa shape index (κ1) is 27.4. The second-order valence-corrected chi connectivity index (χ2v) is 9.80. The molecule has 0 N–H and O–H groups in total. The standard InChI is InChI=1S/C24H35FO7/c1-14(12-19(26)32-24(6,7)8)21(27)30-15(2)20(31-22(28)23(3,4)5)17-11-10-16(25)13-18(17)29-9/h10-11,13-15,20H,12H2,1-9H3/t14-,15+,20+/m1/s1. The van der Waals surface area contributed by atoms with E-state index < -0.39 is 52.9 Å². The number of rotatable bonds is 8. The lowest BCUT2D eigenvalue weighted by molar-refractivity contribution is -0.176. The van der Waals surface area contributed by atoms with Crippen molar-refractivity contribution in [2.24, 2.45) is 11.3 Å². The van der Waals surface area contributed by atoms with Crippen molar-refractivity contribution in [1.29, 1.82) is 0 Å². The molecule has 0 aliphatic rings. The Kier molecular flexibility index (Phi) is 9.24. The molecule has 0 fully saturated rings. The molecule has 0 aromatic heterocycles. The Morgan fingerprint density at radius 1 is 1.00 bits per heavy atom. The lowest BCUT2D eigenvalue weighted by atomic mass is 9.96. The van der Waals surface area contributed by atoms with Crippen LogP contribution in [0.15, 0.2) is 18.2 Å². The van der Waals surface area contributed by atoms with Gasteiger partial charge in [-0.2, -0.15) is 0 Å². The molecule has 0 radical (unpaired) electrons. The minimum Gasteiger partial charge on any atom is -0.496 e. The highest BCUT2D eigenvalue weighted by Gasteiger charge is 2.34. The van der Waals surface area contributed by atoms with Gasteiger partial charge in [0.2, 0.25) is 0 Å². The molecule has 0 bridgehead atoms. The van der Waals surface area contributed by atoms with Crippen LogP contribution in [0.5, 0.6) is 5.75 Å². The largest absolute Gasteiger partial charge is 0.496 e. The fourth-order valence-electron chi connectivity index (χ4n) is 2.70. The molecule has 1 aromatic rings. The van der Waals surface area contributed by atoms with E-state index in [1.807, 2.05) is 0 Å².